The van der Waals surface area contributed by atoms with Gasteiger partial charge in [-0.2, -0.15) is 0 Å². The monoisotopic (exact) mass is 498 g/mol. The molecule has 1 atom stereocenters. The molecular weight excluding hydrogens is 483 g/mol. The number of hydrogen-bond donors (Lipinski definition) is 1. The Kier molecular flexibility index (Phi) is 6.97. The summed E-state index contributed by atoms with van der Waals surface area (Å²) >= 11 is 17.9. The van der Waals surface area contributed by atoms with E-state index in [0.717, 1.165) is 4.90 Å². The van der Waals surface area contributed by atoms with Crippen LogP contribution in [0.15, 0.2) is 24.3 Å². The Balaban J connectivity index is 1.65. The number of anilines is 1. The normalized spacial score (nSPS) is 13.6. The zero-order valence-corrected chi connectivity index (χ0v) is 19.4. The van der Waals surface area contributed by atoms with Gasteiger partial charge < -0.3 is 14.8 Å². The van der Waals surface area contributed by atoms with E-state index in [1.54, 1.807) is 19.1 Å². The minimum absolute atomic E-state index is 0.0343. The molecule has 2 aromatic rings. The predicted octanol–water partition coefficient (Wildman–Crippen LogP) is 4.13. The zero-order chi connectivity index (χ0) is 23.7. The number of esters is 1. The van der Waals surface area contributed by atoms with E-state index in [2.05, 4.69) is 5.32 Å². The van der Waals surface area contributed by atoms with Gasteiger partial charge in [0, 0.05) is 11.1 Å². The van der Waals surface area contributed by atoms with Gasteiger partial charge in [0.1, 0.15) is 11.8 Å². The average molecular weight is 500 g/mol. The highest BCUT2D eigenvalue weighted by molar-refractivity contribution is 6.43. The van der Waals surface area contributed by atoms with Crippen molar-refractivity contribution >= 4 is 64.2 Å². The van der Waals surface area contributed by atoms with E-state index in [1.165, 1.54) is 26.2 Å². The van der Waals surface area contributed by atoms with E-state index in [4.69, 9.17) is 44.3 Å². The Morgan fingerprint density at radius 1 is 1.00 bits per heavy atom. The van der Waals surface area contributed by atoms with Crippen LogP contribution < -0.4 is 10.1 Å². The standard InChI is InChI=1S/C21H17Cl3N2O6/c1-9-4-16(17(31-3)7-13(9)22)25-18(27)8-32-21(30)10(2)26-19(28)11-5-14(23)15(24)6-12(11)20(26)29/h4-7,10H,8H2,1-3H3,(H,25,27). The van der Waals surface area contributed by atoms with Crippen LogP contribution in [0.1, 0.15) is 33.2 Å². The molecule has 1 N–H and O–H groups in total. The van der Waals surface area contributed by atoms with Crippen LogP contribution in [0.25, 0.3) is 0 Å². The smallest absolute Gasteiger partial charge is 0.329 e. The Bertz CT molecular complexity index is 1110. The first-order valence-corrected chi connectivity index (χ1v) is 10.4. The van der Waals surface area contributed by atoms with Gasteiger partial charge in [0.2, 0.25) is 0 Å². The van der Waals surface area contributed by atoms with Crippen LogP contribution in [-0.4, -0.2) is 48.3 Å². The molecule has 3 rings (SSSR count). The van der Waals surface area contributed by atoms with Crippen LogP contribution in [0, 0.1) is 6.92 Å². The molecule has 1 unspecified atom stereocenters. The molecule has 0 fully saturated rings. The van der Waals surface area contributed by atoms with E-state index < -0.39 is 36.3 Å². The zero-order valence-electron chi connectivity index (χ0n) is 17.1. The van der Waals surface area contributed by atoms with Gasteiger partial charge in [-0.05, 0) is 37.6 Å². The van der Waals surface area contributed by atoms with Gasteiger partial charge in [-0.15, -0.1) is 0 Å². The number of ether oxygens (including phenoxy) is 2. The predicted molar refractivity (Wildman–Crippen MR) is 119 cm³/mol. The topological polar surface area (TPSA) is 102 Å². The third-order valence-corrected chi connectivity index (χ3v) is 5.92. The number of methoxy groups -OCH3 is 1. The van der Waals surface area contributed by atoms with Crippen LogP contribution >= 0.6 is 34.8 Å². The summed E-state index contributed by atoms with van der Waals surface area (Å²) in [4.78, 5) is 50.7. The molecule has 1 aliphatic rings. The van der Waals surface area contributed by atoms with Gasteiger partial charge in [-0.1, -0.05) is 34.8 Å². The van der Waals surface area contributed by atoms with Crippen molar-refractivity contribution in [3.05, 3.63) is 56.0 Å². The Morgan fingerprint density at radius 3 is 2.09 bits per heavy atom. The van der Waals surface area contributed by atoms with E-state index in [0.29, 0.717) is 22.0 Å². The number of carbonyl (C=O) groups excluding carboxylic acids is 4. The lowest BCUT2D eigenvalue weighted by molar-refractivity contribution is -0.150. The lowest BCUT2D eigenvalue weighted by atomic mass is 10.1. The van der Waals surface area contributed by atoms with Crippen molar-refractivity contribution in [1.29, 1.82) is 0 Å². The molecule has 0 saturated heterocycles. The third-order valence-electron chi connectivity index (χ3n) is 4.79. The highest BCUT2D eigenvalue weighted by atomic mass is 35.5. The molecule has 1 heterocycles. The number of benzene rings is 2. The first-order valence-electron chi connectivity index (χ1n) is 9.22. The molecule has 0 spiro atoms. The van der Waals surface area contributed by atoms with Gasteiger partial charge in [0.25, 0.3) is 17.7 Å². The molecule has 0 aromatic heterocycles. The van der Waals surface area contributed by atoms with E-state index >= 15 is 0 Å². The second kappa shape index (κ2) is 9.36. The molecule has 0 aliphatic carbocycles. The molecule has 32 heavy (non-hydrogen) atoms. The molecule has 3 amide bonds. The van der Waals surface area contributed by atoms with Crippen LogP contribution in [-0.2, 0) is 14.3 Å². The fraction of sp³-hybridized carbons (Fsp3) is 0.238. The van der Waals surface area contributed by atoms with Crippen molar-refractivity contribution in [3.8, 4) is 5.75 Å². The average Bonchev–Trinajstić information content (AvgIpc) is 2.98. The number of rotatable bonds is 6. The summed E-state index contributed by atoms with van der Waals surface area (Å²) in [7, 11) is 1.42. The van der Waals surface area contributed by atoms with Crippen LogP contribution in [0.3, 0.4) is 0 Å². The van der Waals surface area contributed by atoms with E-state index in [-0.39, 0.29) is 21.2 Å². The summed E-state index contributed by atoms with van der Waals surface area (Å²) in [5.74, 6) is -2.67. The van der Waals surface area contributed by atoms with Crippen molar-refractivity contribution in [2.75, 3.05) is 19.0 Å². The Labute approximate surface area is 198 Å². The number of nitrogens with zero attached hydrogens (tertiary/aromatic N) is 1. The number of fused-ring (bicyclic) bond motifs is 1. The number of imide groups is 1. The number of carbonyl (C=O) groups is 4. The second-order valence-corrected chi connectivity index (χ2v) is 8.15. The molecule has 0 radical (unpaired) electrons. The molecule has 0 bridgehead atoms. The van der Waals surface area contributed by atoms with Gasteiger partial charge >= 0.3 is 5.97 Å². The maximum atomic E-state index is 12.6. The molecule has 8 nitrogen and oxygen atoms in total. The van der Waals surface area contributed by atoms with Crippen LogP contribution in [0.5, 0.6) is 5.75 Å². The fourth-order valence-corrected chi connectivity index (χ4v) is 3.56. The van der Waals surface area contributed by atoms with Gasteiger partial charge in [0.15, 0.2) is 6.61 Å². The molecule has 11 heteroatoms. The maximum absolute atomic E-state index is 12.6. The summed E-state index contributed by atoms with van der Waals surface area (Å²) in [6.07, 6.45) is 0. The minimum Gasteiger partial charge on any atom is -0.495 e. The number of halogens is 3. The highest BCUT2D eigenvalue weighted by Crippen LogP contribution is 2.33. The summed E-state index contributed by atoms with van der Waals surface area (Å²) in [6, 6.07) is 4.42. The molecule has 1 aliphatic heterocycles. The Hall–Kier alpha value is -2.81. The molecule has 0 saturated carbocycles. The third kappa shape index (κ3) is 4.53. The summed E-state index contributed by atoms with van der Waals surface area (Å²) in [5, 5.41) is 3.23. The lowest BCUT2D eigenvalue weighted by Gasteiger charge is -2.20. The molecular formula is C21H17Cl3N2O6. The summed E-state index contributed by atoms with van der Waals surface area (Å²) in [5.41, 5.74) is 1.12. The lowest BCUT2D eigenvalue weighted by Crippen LogP contribution is -2.44. The first kappa shape index (κ1) is 23.8. The van der Waals surface area contributed by atoms with Crippen molar-refractivity contribution in [1.82, 2.24) is 4.90 Å². The number of nitrogens with one attached hydrogen (secondary N) is 1. The number of hydrogen-bond acceptors (Lipinski definition) is 6. The van der Waals surface area contributed by atoms with Crippen molar-refractivity contribution < 1.29 is 28.7 Å². The van der Waals surface area contributed by atoms with Crippen LogP contribution in [0.4, 0.5) is 5.69 Å². The van der Waals surface area contributed by atoms with Gasteiger partial charge in [0.05, 0.1) is 34.0 Å². The SMILES string of the molecule is COc1cc(Cl)c(C)cc1NC(=O)COC(=O)C(C)N1C(=O)c2cc(Cl)c(Cl)cc2C1=O. The fourth-order valence-electron chi connectivity index (χ4n) is 3.08. The van der Waals surface area contributed by atoms with E-state index in [9.17, 15) is 19.2 Å². The van der Waals surface area contributed by atoms with Crippen molar-refractivity contribution in [3.63, 3.8) is 0 Å². The largest absolute Gasteiger partial charge is 0.495 e. The molecule has 168 valence electrons. The van der Waals surface area contributed by atoms with Crippen molar-refractivity contribution in [2.24, 2.45) is 0 Å². The maximum Gasteiger partial charge on any atom is 0.329 e. The first-order chi connectivity index (χ1) is 15.0. The number of amides is 3. The second-order valence-electron chi connectivity index (χ2n) is 6.93. The quantitative estimate of drug-likeness (QED) is 0.474. The van der Waals surface area contributed by atoms with Gasteiger partial charge in [-0.25, -0.2) is 4.79 Å². The summed E-state index contributed by atoms with van der Waals surface area (Å²) in [6.45, 7) is 2.42. The van der Waals surface area contributed by atoms with Gasteiger partial charge in [-0.3, -0.25) is 19.3 Å². The molecule has 2 aromatic carbocycles. The van der Waals surface area contributed by atoms with Crippen LogP contribution in [0.2, 0.25) is 15.1 Å². The minimum atomic E-state index is -1.28. The Morgan fingerprint density at radius 2 is 1.56 bits per heavy atom. The highest BCUT2D eigenvalue weighted by Gasteiger charge is 2.42. The van der Waals surface area contributed by atoms with Crippen molar-refractivity contribution in [2.45, 2.75) is 19.9 Å². The van der Waals surface area contributed by atoms with E-state index in [1.807, 2.05) is 0 Å². The summed E-state index contributed by atoms with van der Waals surface area (Å²) < 4.78 is 10.2. The number of aryl methyl sites for hydroxylation is 1.